The molecule has 2 aromatic heterocycles. The molecule has 1 saturated heterocycles. The second-order valence-corrected chi connectivity index (χ2v) is 10.8. The summed E-state index contributed by atoms with van der Waals surface area (Å²) in [4.78, 5) is 11.1. The summed E-state index contributed by atoms with van der Waals surface area (Å²) in [5, 5.41) is 14.2. The molecule has 186 valence electrons. The highest BCUT2D eigenvalue weighted by Gasteiger charge is 2.25. The van der Waals surface area contributed by atoms with E-state index in [1.807, 2.05) is 16.3 Å². The van der Waals surface area contributed by atoms with Gasteiger partial charge in [-0.2, -0.15) is 0 Å². The van der Waals surface area contributed by atoms with Crippen molar-refractivity contribution >= 4 is 33.4 Å². The van der Waals surface area contributed by atoms with Gasteiger partial charge in [-0.15, -0.1) is 22.0 Å². The van der Waals surface area contributed by atoms with E-state index in [0.29, 0.717) is 17.9 Å². The van der Waals surface area contributed by atoms with E-state index in [1.165, 1.54) is 16.6 Å². The van der Waals surface area contributed by atoms with Crippen LogP contribution in [0.25, 0.3) is 10.9 Å². The minimum absolute atomic E-state index is 0.309. The number of hydrogen-bond donors (Lipinski definition) is 2. The van der Waals surface area contributed by atoms with E-state index in [0.717, 1.165) is 86.5 Å². The SMILES string of the molecule is Cc1cc(NC2CCOCC2)c2[nH]c(C3=N[C@@H](CCN4CCn5c(CF)nnc5C4)CS3)cc2c1. The molecule has 0 radical (unpaired) electrons. The Morgan fingerprint density at radius 3 is 2.94 bits per heavy atom. The van der Waals surface area contributed by atoms with Crippen LogP contribution in [0, 0.1) is 6.92 Å². The van der Waals surface area contributed by atoms with E-state index in [9.17, 15) is 4.39 Å². The molecule has 0 aliphatic carbocycles. The summed E-state index contributed by atoms with van der Waals surface area (Å²) in [5.74, 6) is 2.32. The van der Waals surface area contributed by atoms with E-state index in [-0.39, 0.29) is 0 Å². The molecule has 0 unspecified atom stereocenters. The summed E-state index contributed by atoms with van der Waals surface area (Å²) in [6.07, 6.45) is 3.09. The highest BCUT2D eigenvalue weighted by Crippen LogP contribution is 2.31. The monoisotopic (exact) mass is 497 g/mol. The molecule has 1 aromatic carbocycles. The second kappa shape index (κ2) is 9.91. The Morgan fingerprint density at radius 2 is 2.09 bits per heavy atom. The van der Waals surface area contributed by atoms with Crippen molar-refractivity contribution in [3.8, 4) is 0 Å². The molecule has 3 aliphatic heterocycles. The van der Waals surface area contributed by atoms with Gasteiger partial charge in [-0.25, -0.2) is 4.39 Å². The Kier molecular flexibility index (Phi) is 6.51. The van der Waals surface area contributed by atoms with Crippen LogP contribution in [0.5, 0.6) is 0 Å². The van der Waals surface area contributed by atoms with Gasteiger partial charge in [-0.3, -0.25) is 9.89 Å². The number of aliphatic imine (C=N–C) groups is 1. The zero-order valence-corrected chi connectivity index (χ0v) is 20.9. The first-order valence-corrected chi connectivity index (χ1v) is 13.5. The van der Waals surface area contributed by atoms with Gasteiger partial charge in [0.15, 0.2) is 5.82 Å². The molecule has 1 fully saturated rings. The van der Waals surface area contributed by atoms with Gasteiger partial charge in [-0.1, -0.05) is 0 Å². The maximum atomic E-state index is 13.0. The fraction of sp³-hybridized carbons (Fsp3) is 0.560. The molecule has 5 heterocycles. The van der Waals surface area contributed by atoms with E-state index in [1.54, 1.807) is 0 Å². The lowest BCUT2D eigenvalue weighted by Gasteiger charge is -2.27. The molecule has 6 rings (SSSR count). The number of thioether (sulfide) groups is 1. The third kappa shape index (κ3) is 4.83. The van der Waals surface area contributed by atoms with Crippen molar-refractivity contribution < 1.29 is 9.13 Å². The van der Waals surface area contributed by atoms with Gasteiger partial charge in [0.25, 0.3) is 0 Å². The van der Waals surface area contributed by atoms with Gasteiger partial charge in [0, 0.05) is 50.0 Å². The Balaban J connectivity index is 1.12. The molecule has 0 amide bonds. The number of aryl methyl sites for hydroxylation is 1. The van der Waals surface area contributed by atoms with Crippen molar-refractivity contribution in [2.75, 3.05) is 37.4 Å². The van der Waals surface area contributed by atoms with Crippen LogP contribution in [0.4, 0.5) is 10.1 Å². The number of alkyl halides is 1. The fourth-order valence-electron chi connectivity index (χ4n) is 5.28. The number of fused-ring (bicyclic) bond motifs is 2. The quantitative estimate of drug-likeness (QED) is 0.515. The molecule has 0 saturated carbocycles. The minimum atomic E-state index is -0.551. The number of halogens is 1. The number of rotatable bonds is 7. The van der Waals surface area contributed by atoms with Crippen LogP contribution in [0.15, 0.2) is 23.2 Å². The summed E-state index contributed by atoms with van der Waals surface area (Å²) in [6, 6.07) is 7.48. The molecule has 35 heavy (non-hydrogen) atoms. The molecular formula is C25H32FN7OS. The molecular weight excluding hydrogens is 465 g/mol. The van der Waals surface area contributed by atoms with Gasteiger partial charge >= 0.3 is 0 Å². The summed E-state index contributed by atoms with van der Waals surface area (Å²) in [5.41, 5.74) is 4.70. The Labute approximate surface area is 208 Å². The Hall–Kier alpha value is -2.43. The van der Waals surface area contributed by atoms with E-state index in [4.69, 9.17) is 9.73 Å². The third-order valence-electron chi connectivity index (χ3n) is 7.20. The molecule has 3 aliphatic rings. The molecule has 8 nitrogen and oxygen atoms in total. The molecule has 0 bridgehead atoms. The van der Waals surface area contributed by atoms with Crippen LogP contribution in [0.3, 0.4) is 0 Å². The average Bonchev–Trinajstić information content (AvgIpc) is 3.61. The van der Waals surface area contributed by atoms with Crippen molar-refractivity contribution in [3.05, 3.63) is 41.1 Å². The van der Waals surface area contributed by atoms with Gasteiger partial charge in [0.1, 0.15) is 17.5 Å². The smallest absolute Gasteiger partial charge is 0.164 e. The highest BCUT2D eigenvalue weighted by molar-refractivity contribution is 8.14. The van der Waals surface area contributed by atoms with E-state index in [2.05, 4.69) is 50.5 Å². The van der Waals surface area contributed by atoms with Crippen LogP contribution >= 0.6 is 11.8 Å². The number of H-pyrrole nitrogens is 1. The van der Waals surface area contributed by atoms with Crippen molar-refractivity contribution in [3.63, 3.8) is 0 Å². The molecule has 2 N–H and O–H groups in total. The number of aromatic amines is 1. The first-order valence-electron chi connectivity index (χ1n) is 12.5. The third-order valence-corrected chi connectivity index (χ3v) is 8.35. The average molecular weight is 498 g/mol. The lowest BCUT2D eigenvalue weighted by atomic mass is 10.1. The molecule has 3 aromatic rings. The normalized spacial score (nSPS) is 21.4. The zero-order valence-electron chi connectivity index (χ0n) is 20.1. The highest BCUT2D eigenvalue weighted by atomic mass is 32.2. The standard InChI is InChI=1S/C25H32FN7OS/c1-16-10-17-12-21(29-24(17)20(11-16)27-18-3-8-34-9-4-18)25-28-19(15-35-25)2-5-32-6-7-33-22(13-26)30-31-23(33)14-32/h10-12,18-19,27,29H,2-9,13-15H2,1H3/t19-/m0/s1. The maximum Gasteiger partial charge on any atom is 0.164 e. The van der Waals surface area contributed by atoms with Crippen LogP contribution < -0.4 is 5.32 Å². The lowest BCUT2D eigenvalue weighted by molar-refractivity contribution is 0.0905. The molecule has 0 spiro atoms. The van der Waals surface area contributed by atoms with Crippen LogP contribution in [-0.2, 0) is 24.5 Å². The summed E-state index contributed by atoms with van der Waals surface area (Å²) in [6.45, 7) is 6.61. The zero-order chi connectivity index (χ0) is 23.8. The fourth-order valence-corrected chi connectivity index (χ4v) is 6.37. The van der Waals surface area contributed by atoms with Crippen molar-refractivity contribution in [1.29, 1.82) is 0 Å². The topological polar surface area (TPSA) is 83.4 Å². The van der Waals surface area contributed by atoms with Crippen LogP contribution in [0.2, 0.25) is 0 Å². The first-order chi connectivity index (χ1) is 17.2. The Bertz CT molecular complexity index is 1230. The largest absolute Gasteiger partial charge is 0.381 e. The van der Waals surface area contributed by atoms with Crippen molar-refractivity contribution in [2.45, 2.75) is 58.0 Å². The number of hydrogen-bond acceptors (Lipinski definition) is 7. The van der Waals surface area contributed by atoms with E-state index >= 15 is 0 Å². The van der Waals surface area contributed by atoms with Crippen molar-refractivity contribution in [1.82, 2.24) is 24.6 Å². The summed E-state index contributed by atoms with van der Waals surface area (Å²) >= 11 is 1.84. The maximum absolute atomic E-state index is 13.0. The van der Waals surface area contributed by atoms with Gasteiger partial charge in [0.2, 0.25) is 0 Å². The van der Waals surface area contributed by atoms with E-state index < -0.39 is 6.67 Å². The Morgan fingerprint density at radius 1 is 1.20 bits per heavy atom. The number of ether oxygens (including phenoxy) is 1. The van der Waals surface area contributed by atoms with Crippen molar-refractivity contribution in [2.24, 2.45) is 4.99 Å². The predicted molar refractivity (Wildman–Crippen MR) is 138 cm³/mol. The number of nitrogens with one attached hydrogen (secondary N) is 2. The van der Waals surface area contributed by atoms with Crippen LogP contribution in [0.1, 0.15) is 42.2 Å². The number of anilines is 1. The first kappa shape index (κ1) is 23.0. The van der Waals surface area contributed by atoms with Gasteiger partial charge in [0.05, 0.1) is 29.5 Å². The van der Waals surface area contributed by atoms with Gasteiger partial charge < -0.3 is 19.6 Å². The summed E-state index contributed by atoms with van der Waals surface area (Å²) < 4.78 is 20.5. The predicted octanol–water partition coefficient (Wildman–Crippen LogP) is 3.90. The molecule has 1 atom stereocenters. The number of nitrogens with zero attached hydrogens (tertiary/aromatic N) is 5. The lowest BCUT2D eigenvalue weighted by Crippen LogP contribution is -2.36. The van der Waals surface area contributed by atoms with Gasteiger partial charge in [-0.05, 0) is 49.9 Å². The number of aromatic nitrogens is 4. The molecule has 10 heteroatoms. The number of benzene rings is 1. The second-order valence-electron chi connectivity index (χ2n) is 9.77. The minimum Gasteiger partial charge on any atom is -0.381 e. The van der Waals surface area contributed by atoms with Crippen LogP contribution in [-0.4, -0.2) is 73.8 Å². The summed E-state index contributed by atoms with van der Waals surface area (Å²) in [7, 11) is 0.